The standard InChI is InChI=1S/C63H112O6/c1-4-7-10-13-16-19-22-25-28-29-30-31-32-33-36-38-41-44-47-50-53-56-62(65)68-59-60(69-63(66)57-54-51-48-45-42-39-35-27-24-21-18-15-12-9-6-3)58-67-61(64)55-52-49-46-43-40-37-34-26-23-20-17-14-11-8-5-2/h9,12,18,20-21,23,27,35,42,45,60H,4-8,10-11,13-17,19,22,24-26,28-34,36-41,43-44,46-59H2,1-3H3/b12-9-,21-18-,23-20-,35-27-,45-42-/t60-/m1/s1. The molecule has 0 unspecified atom stereocenters. The summed E-state index contributed by atoms with van der Waals surface area (Å²) in [5, 5.41) is 0. The first kappa shape index (κ1) is 66.1. The number of ether oxygens (including phenoxy) is 3. The molecule has 0 aliphatic rings. The molecule has 0 aliphatic heterocycles. The molecule has 0 heterocycles. The Balaban J connectivity index is 4.35. The fraction of sp³-hybridized carbons (Fsp3) is 0.794. The number of unbranched alkanes of at least 4 members (excludes halogenated alkanes) is 33. The molecule has 0 amide bonds. The molecule has 0 saturated carbocycles. The second kappa shape index (κ2) is 57.7. The molecule has 69 heavy (non-hydrogen) atoms. The minimum Gasteiger partial charge on any atom is -0.462 e. The Morgan fingerprint density at radius 2 is 0.565 bits per heavy atom. The van der Waals surface area contributed by atoms with Gasteiger partial charge in [-0.15, -0.1) is 0 Å². The van der Waals surface area contributed by atoms with Crippen molar-refractivity contribution in [3.63, 3.8) is 0 Å². The Bertz CT molecular complexity index is 1250. The van der Waals surface area contributed by atoms with Crippen molar-refractivity contribution in [3.05, 3.63) is 60.8 Å². The molecule has 400 valence electrons. The van der Waals surface area contributed by atoms with E-state index in [1.807, 2.05) is 0 Å². The van der Waals surface area contributed by atoms with E-state index in [0.717, 1.165) is 77.0 Å². The maximum atomic E-state index is 12.8. The number of carbonyl (C=O) groups is 3. The highest BCUT2D eigenvalue weighted by atomic mass is 16.6. The summed E-state index contributed by atoms with van der Waals surface area (Å²) in [5.41, 5.74) is 0. The van der Waals surface area contributed by atoms with E-state index in [1.54, 1.807) is 0 Å². The molecule has 6 heteroatoms. The van der Waals surface area contributed by atoms with Crippen LogP contribution in [-0.2, 0) is 28.6 Å². The normalized spacial score (nSPS) is 12.4. The largest absolute Gasteiger partial charge is 0.462 e. The number of allylic oxidation sites excluding steroid dienone is 10. The average Bonchev–Trinajstić information content (AvgIpc) is 3.35. The molecule has 0 aliphatic carbocycles. The van der Waals surface area contributed by atoms with Crippen LogP contribution in [0.15, 0.2) is 60.8 Å². The first-order valence-corrected chi connectivity index (χ1v) is 29.8. The molecule has 0 saturated heterocycles. The highest BCUT2D eigenvalue weighted by molar-refractivity contribution is 5.71. The van der Waals surface area contributed by atoms with E-state index in [9.17, 15) is 14.4 Å². The zero-order chi connectivity index (χ0) is 50.0. The van der Waals surface area contributed by atoms with E-state index in [0.29, 0.717) is 19.3 Å². The summed E-state index contributed by atoms with van der Waals surface area (Å²) in [6.45, 7) is 6.51. The van der Waals surface area contributed by atoms with Gasteiger partial charge in [0.05, 0.1) is 0 Å². The first-order chi connectivity index (χ1) is 34.0. The Labute approximate surface area is 428 Å². The van der Waals surface area contributed by atoms with Crippen LogP contribution in [0.25, 0.3) is 0 Å². The summed E-state index contributed by atoms with van der Waals surface area (Å²) < 4.78 is 16.8. The molecule has 0 bridgehead atoms. The molecule has 0 fully saturated rings. The van der Waals surface area contributed by atoms with Crippen molar-refractivity contribution >= 4 is 17.9 Å². The van der Waals surface area contributed by atoms with E-state index in [2.05, 4.69) is 81.5 Å². The Morgan fingerprint density at radius 1 is 0.304 bits per heavy atom. The van der Waals surface area contributed by atoms with E-state index in [1.165, 1.54) is 180 Å². The maximum Gasteiger partial charge on any atom is 0.306 e. The fourth-order valence-electron chi connectivity index (χ4n) is 8.55. The molecular formula is C63H112O6. The Morgan fingerprint density at radius 3 is 0.942 bits per heavy atom. The van der Waals surface area contributed by atoms with Gasteiger partial charge in [-0.3, -0.25) is 14.4 Å². The van der Waals surface area contributed by atoms with Crippen LogP contribution >= 0.6 is 0 Å². The zero-order valence-corrected chi connectivity index (χ0v) is 45.8. The third-order valence-electron chi connectivity index (χ3n) is 13.0. The SMILES string of the molecule is CC/C=C\C/C=C\C/C=C\C/C=C\CCCCC(=O)O[C@H](COC(=O)CCCCCCCCC/C=C\CCCCCC)COC(=O)CCCCCCCCCCCCCCCCCCCCCCC. The van der Waals surface area contributed by atoms with Crippen molar-refractivity contribution in [2.75, 3.05) is 13.2 Å². The summed E-state index contributed by atoms with van der Waals surface area (Å²) in [6, 6.07) is 0. The number of esters is 3. The predicted molar refractivity (Wildman–Crippen MR) is 298 cm³/mol. The van der Waals surface area contributed by atoms with Gasteiger partial charge < -0.3 is 14.2 Å². The van der Waals surface area contributed by atoms with Crippen LogP contribution in [0.5, 0.6) is 0 Å². The zero-order valence-electron chi connectivity index (χ0n) is 45.8. The molecule has 0 N–H and O–H groups in total. The lowest BCUT2D eigenvalue weighted by atomic mass is 10.0. The highest BCUT2D eigenvalue weighted by Gasteiger charge is 2.19. The van der Waals surface area contributed by atoms with Gasteiger partial charge in [-0.2, -0.15) is 0 Å². The van der Waals surface area contributed by atoms with E-state index < -0.39 is 6.10 Å². The van der Waals surface area contributed by atoms with Gasteiger partial charge in [-0.1, -0.05) is 261 Å². The second-order valence-electron chi connectivity index (χ2n) is 19.9. The van der Waals surface area contributed by atoms with Crippen molar-refractivity contribution in [3.8, 4) is 0 Å². The van der Waals surface area contributed by atoms with Crippen LogP contribution in [0, 0.1) is 0 Å². The Hall–Kier alpha value is -2.89. The number of rotatable bonds is 54. The minimum absolute atomic E-state index is 0.0895. The molecular weight excluding hydrogens is 853 g/mol. The van der Waals surface area contributed by atoms with Crippen molar-refractivity contribution in [1.82, 2.24) is 0 Å². The molecule has 0 spiro atoms. The van der Waals surface area contributed by atoms with Crippen LogP contribution in [0.1, 0.15) is 303 Å². The lowest BCUT2D eigenvalue weighted by molar-refractivity contribution is -0.167. The predicted octanol–water partition coefficient (Wildman–Crippen LogP) is 20.0. The van der Waals surface area contributed by atoms with Gasteiger partial charge in [0.1, 0.15) is 13.2 Å². The monoisotopic (exact) mass is 965 g/mol. The molecule has 1 atom stereocenters. The van der Waals surface area contributed by atoms with Crippen LogP contribution in [0.4, 0.5) is 0 Å². The van der Waals surface area contributed by atoms with Crippen molar-refractivity contribution in [1.29, 1.82) is 0 Å². The van der Waals surface area contributed by atoms with Gasteiger partial charge in [-0.05, 0) is 83.5 Å². The first-order valence-electron chi connectivity index (χ1n) is 29.8. The van der Waals surface area contributed by atoms with Crippen molar-refractivity contribution < 1.29 is 28.6 Å². The van der Waals surface area contributed by atoms with Gasteiger partial charge >= 0.3 is 17.9 Å². The maximum absolute atomic E-state index is 12.8. The quantitative estimate of drug-likeness (QED) is 0.0262. The van der Waals surface area contributed by atoms with Gasteiger partial charge in [0, 0.05) is 19.3 Å². The second-order valence-corrected chi connectivity index (χ2v) is 19.9. The summed E-state index contributed by atoms with van der Waals surface area (Å²) >= 11 is 0. The molecule has 6 nitrogen and oxygen atoms in total. The number of hydrogen-bond donors (Lipinski definition) is 0. The number of carbonyl (C=O) groups excluding carboxylic acids is 3. The van der Waals surface area contributed by atoms with Crippen LogP contribution < -0.4 is 0 Å². The summed E-state index contributed by atoms with van der Waals surface area (Å²) in [5.74, 6) is -0.922. The van der Waals surface area contributed by atoms with Crippen molar-refractivity contribution in [2.45, 2.75) is 309 Å². The van der Waals surface area contributed by atoms with E-state index in [-0.39, 0.29) is 37.5 Å². The Kier molecular flexibility index (Phi) is 55.3. The molecule has 0 aromatic carbocycles. The third kappa shape index (κ3) is 55.9. The fourth-order valence-corrected chi connectivity index (χ4v) is 8.55. The minimum atomic E-state index is -0.796. The molecule has 0 rings (SSSR count). The van der Waals surface area contributed by atoms with E-state index >= 15 is 0 Å². The summed E-state index contributed by atoms with van der Waals surface area (Å²) in [4.78, 5) is 38.2. The van der Waals surface area contributed by atoms with E-state index in [4.69, 9.17) is 14.2 Å². The lowest BCUT2D eigenvalue weighted by Gasteiger charge is -2.18. The topological polar surface area (TPSA) is 78.9 Å². The van der Waals surface area contributed by atoms with Gasteiger partial charge in [0.25, 0.3) is 0 Å². The molecule has 0 aromatic rings. The molecule has 0 aromatic heterocycles. The highest BCUT2D eigenvalue weighted by Crippen LogP contribution is 2.17. The molecule has 0 radical (unpaired) electrons. The number of hydrogen-bond acceptors (Lipinski definition) is 6. The van der Waals surface area contributed by atoms with Crippen LogP contribution in [0.3, 0.4) is 0 Å². The average molecular weight is 966 g/mol. The van der Waals surface area contributed by atoms with Gasteiger partial charge in [-0.25, -0.2) is 0 Å². The third-order valence-corrected chi connectivity index (χ3v) is 13.0. The summed E-state index contributed by atoms with van der Waals surface area (Å²) in [6.07, 6.45) is 72.2. The van der Waals surface area contributed by atoms with Crippen LogP contribution in [-0.4, -0.2) is 37.2 Å². The van der Waals surface area contributed by atoms with Gasteiger partial charge in [0.15, 0.2) is 6.10 Å². The smallest absolute Gasteiger partial charge is 0.306 e. The summed E-state index contributed by atoms with van der Waals surface area (Å²) in [7, 11) is 0. The van der Waals surface area contributed by atoms with Gasteiger partial charge in [0.2, 0.25) is 0 Å². The van der Waals surface area contributed by atoms with Crippen LogP contribution in [0.2, 0.25) is 0 Å². The van der Waals surface area contributed by atoms with Crippen molar-refractivity contribution in [2.24, 2.45) is 0 Å². The lowest BCUT2D eigenvalue weighted by Crippen LogP contribution is -2.30.